The molecule has 1 aromatic carbocycles. The van der Waals surface area contributed by atoms with Crippen LogP contribution >= 0.6 is 34.5 Å². The van der Waals surface area contributed by atoms with Crippen LogP contribution in [-0.2, 0) is 0 Å². The molecule has 0 bridgehead atoms. The lowest BCUT2D eigenvalue weighted by Crippen LogP contribution is -2.03. The number of hydrogen-bond donors (Lipinski definition) is 0. The third kappa shape index (κ3) is 1.98. The van der Waals surface area contributed by atoms with Crippen molar-refractivity contribution in [1.82, 2.24) is 0 Å². The molecule has 0 N–H and O–H groups in total. The Morgan fingerprint density at radius 1 is 1.19 bits per heavy atom. The molecule has 0 atom stereocenters. The normalized spacial score (nSPS) is 10.4. The predicted octanol–water partition coefficient (Wildman–Crippen LogP) is 4.43. The summed E-state index contributed by atoms with van der Waals surface area (Å²) in [6.45, 7) is 0. The van der Waals surface area contributed by atoms with Crippen LogP contribution in [0, 0.1) is 5.82 Å². The van der Waals surface area contributed by atoms with Crippen molar-refractivity contribution in [3.8, 4) is 0 Å². The van der Waals surface area contributed by atoms with E-state index in [1.807, 2.05) is 0 Å². The lowest BCUT2D eigenvalue weighted by Gasteiger charge is -2.03. The first-order valence-electron chi connectivity index (χ1n) is 4.33. The highest BCUT2D eigenvalue weighted by Gasteiger charge is 2.20. The zero-order valence-corrected chi connectivity index (χ0v) is 10.2. The second-order valence-corrected chi connectivity index (χ2v) is 4.75. The van der Waals surface area contributed by atoms with Gasteiger partial charge in [0, 0.05) is 0 Å². The van der Waals surface area contributed by atoms with Crippen LogP contribution in [-0.4, -0.2) is 5.78 Å². The van der Waals surface area contributed by atoms with Crippen LogP contribution in [0.1, 0.15) is 15.2 Å². The topological polar surface area (TPSA) is 17.1 Å². The Hall–Kier alpha value is -0.900. The van der Waals surface area contributed by atoms with E-state index in [4.69, 9.17) is 23.2 Å². The number of benzene rings is 1. The summed E-state index contributed by atoms with van der Waals surface area (Å²) in [6.07, 6.45) is 0. The van der Waals surface area contributed by atoms with Crippen LogP contribution in [0.2, 0.25) is 10.0 Å². The van der Waals surface area contributed by atoms with Crippen LogP contribution < -0.4 is 0 Å². The number of carbonyl (C=O) groups is 1. The molecule has 0 aliphatic rings. The molecular formula is C11H5Cl2FOS. The number of rotatable bonds is 2. The smallest absolute Gasteiger partial charge is 0.208 e. The van der Waals surface area contributed by atoms with Gasteiger partial charge in [-0.1, -0.05) is 29.3 Å². The van der Waals surface area contributed by atoms with Crippen molar-refractivity contribution in [1.29, 1.82) is 0 Å². The van der Waals surface area contributed by atoms with Gasteiger partial charge in [-0.25, -0.2) is 4.39 Å². The van der Waals surface area contributed by atoms with Crippen molar-refractivity contribution in [3.63, 3.8) is 0 Å². The average Bonchev–Trinajstić information content (AvgIpc) is 2.64. The predicted molar refractivity (Wildman–Crippen MR) is 64.2 cm³/mol. The van der Waals surface area contributed by atoms with Crippen molar-refractivity contribution in [3.05, 3.63) is 55.9 Å². The second kappa shape index (κ2) is 4.53. The molecule has 0 spiro atoms. The van der Waals surface area contributed by atoms with Gasteiger partial charge in [-0.3, -0.25) is 4.79 Å². The number of carbonyl (C=O) groups excluding carboxylic acids is 1. The molecule has 16 heavy (non-hydrogen) atoms. The minimum atomic E-state index is -0.637. The van der Waals surface area contributed by atoms with Crippen molar-refractivity contribution < 1.29 is 9.18 Å². The lowest BCUT2D eigenvalue weighted by molar-refractivity contribution is 0.103. The van der Waals surface area contributed by atoms with Gasteiger partial charge in [0.05, 0.1) is 20.5 Å². The first kappa shape index (κ1) is 11.6. The molecule has 1 aromatic heterocycles. The van der Waals surface area contributed by atoms with Crippen LogP contribution in [0.4, 0.5) is 4.39 Å². The summed E-state index contributed by atoms with van der Waals surface area (Å²) in [5.74, 6) is -1.12. The summed E-state index contributed by atoms with van der Waals surface area (Å²) in [5, 5.41) is 2.08. The maximum Gasteiger partial charge on any atom is 0.208 e. The SMILES string of the molecule is O=C(c1sccc1Cl)c1c(F)cccc1Cl. The highest BCUT2D eigenvalue weighted by Crippen LogP contribution is 2.29. The standard InChI is InChI=1S/C11H5Cl2FOS/c12-6-2-1-3-8(14)9(6)10(15)11-7(13)4-5-16-11/h1-5H. The highest BCUT2D eigenvalue weighted by molar-refractivity contribution is 7.13. The van der Waals surface area contributed by atoms with Gasteiger partial charge in [0.2, 0.25) is 5.78 Å². The van der Waals surface area contributed by atoms with E-state index >= 15 is 0 Å². The fraction of sp³-hybridized carbons (Fsp3) is 0. The molecule has 0 amide bonds. The molecule has 0 radical (unpaired) electrons. The summed E-state index contributed by atoms with van der Waals surface area (Å²) in [7, 11) is 0. The molecule has 0 aliphatic heterocycles. The molecule has 0 fully saturated rings. The largest absolute Gasteiger partial charge is 0.287 e. The number of ketones is 1. The molecule has 0 saturated heterocycles. The van der Waals surface area contributed by atoms with E-state index in [1.165, 1.54) is 18.2 Å². The van der Waals surface area contributed by atoms with E-state index in [0.29, 0.717) is 9.90 Å². The molecule has 82 valence electrons. The second-order valence-electron chi connectivity index (χ2n) is 3.02. The molecule has 1 nitrogen and oxygen atoms in total. The summed E-state index contributed by atoms with van der Waals surface area (Å²) >= 11 is 12.8. The monoisotopic (exact) mass is 274 g/mol. The first-order valence-corrected chi connectivity index (χ1v) is 5.96. The molecule has 5 heteroatoms. The van der Waals surface area contributed by atoms with E-state index in [9.17, 15) is 9.18 Å². The van der Waals surface area contributed by atoms with Crippen LogP contribution in [0.5, 0.6) is 0 Å². The Labute approximate surface area is 105 Å². The third-order valence-corrected chi connectivity index (χ3v) is 3.67. The van der Waals surface area contributed by atoms with E-state index in [1.54, 1.807) is 11.4 Å². The molecule has 2 rings (SSSR count). The van der Waals surface area contributed by atoms with Crippen LogP contribution in [0.3, 0.4) is 0 Å². The Balaban J connectivity index is 2.54. The minimum absolute atomic E-state index is 0.0921. The van der Waals surface area contributed by atoms with Gasteiger partial charge < -0.3 is 0 Å². The molecule has 2 aromatic rings. The van der Waals surface area contributed by atoms with Crippen molar-refractivity contribution >= 4 is 40.3 Å². The quantitative estimate of drug-likeness (QED) is 0.741. The van der Waals surface area contributed by atoms with E-state index < -0.39 is 11.6 Å². The Bertz CT molecular complexity index is 530. The van der Waals surface area contributed by atoms with Gasteiger partial charge in [0.1, 0.15) is 5.82 Å². The Morgan fingerprint density at radius 2 is 1.94 bits per heavy atom. The van der Waals surface area contributed by atoms with Crippen molar-refractivity contribution in [2.24, 2.45) is 0 Å². The van der Waals surface area contributed by atoms with Gasteiger partial charge in [-0.2, -0.15) is 0 Å². The van der Waals surface area contributed by atoms with Gasteiger partial charge in [-0.15, -0.1) is 11.3 Å². The third-order valence-electron chi connectivity index (χ3n) is 2.01. The average molecular weight is 275 g/mol. The maximum absolute atomic E-state index is 13.5. The van der Waals surface area contributed by atoms with Crippen molar-refractivity contribution in [2.45, 2.75) is 0 Å². The van der Waals surface area contributed by atoms with E-state index in [2.05, 4.69) is 0 Å². The fourth-order valence-corrected chi connectivity index (χ4v) is 2.62. The Morgan fingerprint density at radius 3 is 2.50 bits per heavy atom. The summed E-state index contributed by atoms with van der Waals surface area (Å²) in [6, 6.07) is 5.71. The van der Waals surface area contributed by atoms with Crippen LogP contribution in [0.15, 0.2) is 29.6 Å². The fourth-order valence-electron chi connectivity index (χ4n) is 1.28. The number of thiophene rings is 1. The van der Waals surface area contributed by atoms with E-state index in [0.717, 1.165) is 11.3 Å². The van der Waals surface area contributed by atoms with Crippen molar-refractivity contribution in [2.75, 3.05) is 0 Å². The minimum Gasteiger partial charge on any atom is -0.287 e. The van der Waals surface area contributed by atoms with Crippen LogP contribution in [0.25, 0.3) is 0 Å². The highest BCUT2D eigenvalue weighted by atomic mass is 35.5. The van der Waals surface area contributed by atoms with Gasteiger partial charge in [0.15, 0.2) is 0 Å². The summed E-state index contributed by atoms with van der Waals surface area (Å²) in [4.78, 5) is 12.3. The summed E-state index contributed by atoms with van der Waals surface area (Å²) < 4.78 is 13.5. The number of hydrogen-bond acceptors (Lipinski definition) is 2. The molecule has 0 saturated carbocycles. The first-order chi connectivity index (χ1) is 7.61. The van der Waals surface area contributed by atoms with Gasteiger partial charge in [0.25, 0.3) is 0 Å². The maximum atomic E-state index is 13.5. The van der Waals surface area contributed by atoms with E-state index in [-0.39, 0.29) is 10.6 Å². The number of halogens is 3. The van der Waals surface area contributed by atoms with Gasteiger partial charge >= 0.3 is 0 Å². The zero-order chi connectivity index (χ0) is 11.7. The zero-order valence-electron chi connectivity index (χ0n) is 7.84. The molecule has 1 heterocycles. The molecule has 0 aliphatic carbocycles. The lowest BCUT2D eigenvalue weighted by atomic mass is 10.1. The summed E-state index contributed by atoms with van der Waals surface area (Å²) in [5.41, 5.74) is -0.131. The molecule has 0 unspecified atom stereocenters. The van der Waals surface area contributed by atoms with Gasteiger partial charge in [-0.05, 0) is 23.6 Å². The molecular weight excluding hydrogens is 270 g/mol. The Kier molecular flexibility index (Phi) is 3.28.